The molecule has 0 spiro atoms. The van der Waals surface area contributed by atoms with Crippen molar-refractivity contribution < 1.29 is 9.53 Å². The van der Waals surface area contributed by atoms with E-state index in [0.717, 1.165) is 12.8 Å². The summed E-state index contributed by atoms with van der Waals surface area (Å²) in [7, 11) is 1.54. The highest BCUT2D eigenvalue weighted by Gasteiger charge is 2.27. The Kier molecular flexibility index (Phi) is 4.12. The van der Waals surface area contributed by atoms with E-state index in [1.807, 2.05) is 0 Å². The number of anilines is 1. The number of pyridine rings is 1. The number of tetrazole rings is 1. The lowest BCUT2D eigenvalue weighted by Gasteiger charge is -2.17. The lowest BCUT2D eigenvalue weighted by Crippen LogP contribution is -2.33. The zero-order valence-corrected chi connectivity index (χ0v) is 12.2. The Morgan fingerprint density at radius 1 is 1.55 bits per heavy atom. The number of carbonyl (C=O) groups excluding carboxylic acids is 1. The molecule has 1 aliphatic rings. The van der Waals surface area contributed by atoms with Crippen molar-refractivity contribution in [2.24, 2.45) is 5.92 Å². The maximum absolute atomic E-state index is 12.2. The van der Waals surface area contributed by atoms with E-state index in [2.05, 4.69) is 30.9 Å². The Bertz CT molecular complexity index is 631. The molecule has 0 bridgehead atoms. The van der Waals surface area contributed by atoms with Crippen molar-refractivity contribution in [3.63, 3.8) is 0 Å². The van der Waals surface area contributed by atoms with Gasteiger partial charge in [-0.25, -0.2) is 4.79 Å². The van der Waals surface area contributed by atoms with Crippen LogP contribution in [0.5, 0.6) is 5.88 Å². The van der Waals surface area contributed by atoms with Crippen LogP contribution in [0.15, 0.2) is 18.2 Å². The standard InChI is InChI=1S/C13H17N7O2/c1-22-12-4-2-3-10(14-12)15-13(21)20-6-5-9(8-20)7-11-16-18-19-17-11/h2-4,9H,5-8H2,1H3,(H,14,15,21)(H,16,17,18,19). The minimum absolute atomic E-state index is 0.156. The molecule has 1 saturated heterocycles. The number of nitrogens with zero attached hydrogens (tertiary/aromatic N) is 5. The number of urea groups is 1. The Balaban J connectivity index is 1.54. The van der Waals surface area contributed by atoms with E-state index in [1.165, 1.54) is 7.11 Å². The molecule has 0 aromatic carbocycles. The van der Waals surface area contributed by atoms with Crippen LogP contribution in [0.4, 0.5) is 10.6 Å². The Hall–Kier alpha value is -2.71. The van der Waals surface area contributed by atoms with E-state index >= 15 is 0 Å². The predicted molar refractivity (Wildman–Crippen MR) is 77.4 cm³/mol. The molecule has 2 N–H and O–H groups in total. The van der Waals surface area contributed by atoms with Gasteiger partial charge in [-0.2, -0.15) is 10.2 Å². The van der Waals surface area contributed by atoms with Crippen molar-refractivity contribution in [2.75, 3.05) is 25.5 Å². The first-order chi connectivity index (χ1) is 10.7. The molecule has 2 aromatic rings. The molecule has 1 aliphatic heterocycles. The number of methoxy groups -OCH3 is 1. The highest BCUT2D eigenvalue weighted by molar-refractivity contribution is 5.88. The van der Waals surface area contributed by atoms with Gasteiger partial charge < -0.3 is 9.64 Å². The van der Waals surface area contributed by atoms with Gasteiger partial charge in [0.1, 0.15) is 5.82 Å². The first-order valence-electron chi connectivity index (χ1n) is 7.04. The second-order valence-corrected chi connectivity index (χ2v) is 5.13. The molecule has 2 aromatic heterocycles. The van der Waals surface area contributed by atoms with E-state index in [0.29, 0.717) is 36.5 Å². The summed E-state index contributed by atoms with van der Waals surface area (Å²) in [6.07, 6.45) is 1.64. The van der Waals surface area contributed by atoms with Crippen LogP contribution in [0.25, 0.3) is 0 Å². The molecule has 0 radical (unpaired) electrons. The monoisotopic (exact) mass is 303 g/mol. The van der Waals surface area contributed by atoms with Crippen molar-refractivity contribution in [2.45, 2.75) is 12.8 Å². The molecule has 9 nitrogen and oxygen atoms in total. The first kappa shape index (κ1) is 14.2. The van der Waals surface area contributed by atoms with Gasteiger partial charge in [-0.15, -0.1) is 10.2 Å². The van der Waals surface area contributed by atoms with Crippen LogP contribution < -0.4 is 10.1 Å². The van der Waals surface area contributed by atoms with Crippen LogP contribution in [0.3, 0.4) is 0 Å². The molecule has 0 saturated carbocycles. The van der Waals surface area contributed by atoms with Gasteiger partial charge in [0.2, 0.25) is 5.88 Å². The van der Waals surface area contributed by atoms with Crippen molar-refractivity contribution in [1.29, 1.82) is 0 Å². The largest absolute Gasteiger partial charge is 0.481 e. The van der Waals surface area contributed by atoms with Gasteiger partial charge in [-0.3, -0.25) is 5.32 Å². The molecule has 9 heteroatoms. The molecule has 2 amide bonds. The fourth-order valence-corrected chi connectivity index (χ4v) is 2.50. The number of ether oxygens (including phenoxy) is 1. The smallest absolute Gasteiger partial charge is 0.323 e. The van der Waals surface area contributed by atoms with Gasteiger partial charge in [-0.05, 0) is 18.4 Å². The van der Waals surface area contributed by atoms with Gasteiger partial charge in [0.05, 0.1) is 7.11 Å². The summed E-state index contributed by atoms with van der Waals surface area (Å²) >= 11 is 0. The van der Waals surface area contributed by atoms with Crippen LogP contribution in [-0.2, 0) is 6.42 Å². The zero-order chi connectivity index (χ0) is 15.4. The van der Waals surface area contributed by atoms with E-state index in [-0.39, 0.29) is 6.03 Å². The Labute approximate surface area is 127 Å². The number of likely N-dealkylation sites (tertiary alicyclic amines) is 1. The third-order valence-electron chi connectivity index (χ3n) is 3.60. The van der Waals surface area contributed by atoms with Crippen molar-refractivity contribution in [1.82, 2.24) is 30.5 Å². The number of carbonyl (C=O) groups is 1. The summed E-state index contributed by atoms with van der Waals surface area (Å²) in [5.74, 6) is 1.98. The van der Waals surface area contributed by atoms with E-state index in [4.69, 9.17) is 4.74 Å². The van der Waals surface area contributed by atoms with E-state index in [9.17, 15) is 4.79 Å². The third-order valence-corrected chi connectivity index (χ3v) is 3.60. The minimum Gasteiger partial charge on any atom is -0.481 e. The number of hydrogen-bond acceptors (Lipinski definition) is 6. The number of aromatic nitrogens is 5. The van der Waals surface area contributed by atoms with Crippen LogP contribution in [-0.4, -0.2) is 56.7 Å². The summed E-state index contributed by atoms with van der Waals surface area (Å²) in [4.78, 5) is 18.2. The number of aromatic amines is 1. The quantitative estimate of drug-likeness (QED) is 0.860. The van der Waals surface area contributed by atoms with Crippen LogP contribution in [0.2, 0.25) is 0 Å². The van der Waals surface area contributed by atoms with E-state index in [1.54, 1.807) is 23.1 Å². The average Bonchev–Trinajstić information content (AvgIpc) is 3.20. The second kappa shape index (κ2) is 6.37. The molecule has 3 heterocycles. The Morgan fingerprint density at radius 3 is 3.23 bits per heavy atom. The Morgan fingerprint density at radius 2 is 2.45 bits per heavy atom. The summed E-state index contributed by atoms with van der Waals surface area (Å²) in [5.41, 5.74) is 0. The van der Waals surface area contributed by atoms with Gasteiger partial charge >= 0.3 is 6.03 Å². The topological polar surface area (TPSA) is 109 Å². The number of hydrogen-bond donors (Lipinski definition) is 2. The van der Waals surface area contributed by atoms with Crippen LogP contribution in [0.1, 0.15) is 12.2 Å². The first-order valence-corrected chi connectivity index (χ1v) is 7.04. The summed E-state index contributed by atoms with van der Waals surface area (Å²) in [6.45, 7) is 1.38. The molecule has 1 unspecified atom stereocenters. The predicted octanol–water partition coefficient (Wildman–Crippen LogP) is 0.700. The van der Waals surface area contributed by atoms with Crippen molar-refractivity contribution >= 4 is 11.8 Å². The molecule has 1 atom stereocenters. The molecule has 1 fully saturated rings. The summed E-state index contributed by atoms with van der Waals surface area (Å²) in [6, 6.07) is 5.08. The molecular weight excluding hydrogens is 286 g/mol. The average molecular weight is 303 g/mol. The number of amides is 2. The number of rotatable bonds is 4. The van der Waals surface area contributed by atoms with Crippen molar-refractivity contribution in [3.8, 4) is 5.88 Å². The van der Waals surface area contributed by atoms with Crippen LogP contribution in [0, 0.1) is 5.92 Å². The number of H-pyrrole nitrogens is 1. The lowest BCUT2D eigenvalue weighted by molar-refractivity contribution is 0.220. The summed E-state index contributed by atoms with van der Waals surface area (Å²) in [5, 5.41) is 16.7. The SMILES string of the molecule is COc1cccc(NC(=O)N2CCC(Cc3nn[nH]n3)C2)n1. The second-order valence-electron chi connectivity index (χ2n) is 5.13. The molecule has 22 heavy (non-hydrogen) atoms. The fourth-order valence-electron chi connectivity index (χ4n) is 2.50. The van der Waals surface area contributed by atoms with Gasteiger partial charge in [0.15, 0.2) is 5.82 Å². The maximum atomic E-state index is 12.2. The van der Waals surface area contributed by atoms with Crippen molar-refractivity contribution in [3.05, 3.63) is 24.0 Å². The van der Waals surface area contributed by atoms with E-state index < -0.39 is 0 Å². The molecular formula is C13H17N7O2. The number of nitrogens with one attached hydrogen (secondary N) is 2. The van der Waals surface area contributed by atoms with Gasteiger partial charge in [0, 0.05) is 25.6 Å². The molecule has 0 aliphatic carbocycles. The fraction of sp³-hybridized carbons (Fsp3) is 0.462. The maximum Gasteiger partial charge on any atom is 0.323 e. The minimum atomic E-state index is -0.156. The van der Waals surface area contributed by atoms with Gasteiger partial charge in [-0.1, -0.05) is 11.3 Å². The molecule has 3 rings (SSSR count). The highest BCUT2D eigenvalue weighted by Crippen LogP contribution is 2.20. The molecule has 116 valence electrons. The van der Waals surface area contributed by atoms with Gasteiger partial charge in [0.25, 0.3) is 0 Å². The normalized spacial score (nSPS) is 17.5. The third kappa shape index (κ3) is 3.30. The van der Waals surface area contributed by atoms with Crippen LogP contribution >= 0.6 is 0 Å². The highest BCUT2D eigenvalue weighted by atomic mass is 16.5. The lowest BCUT2D eigenvalue weighted by atomic mass is 10.1. The zero-order valence-electron chi connectivity index (χ0n) is 12.2. The summed E-state index contributed by atoms with van der Waals surface area (Å²) < 4.78 is 5.04.